The molecule has 3 N–H and O–H groups in total. The first-order valence-corrected chi connectivity index (χ1v) is 6.01. The van der Waals surface area contributed by atoms with Crippen LogP contribution in [0.3, 0.4) is 0 Å². The van der Waals surface area contributed by atoms with Crippen LogP contribution in [0.5, 0.6) is 0 Å². The summed E-state index contributed by atoms with van der Waals surface area (Å²) in [7, 11) is 0. The number of nitrogens with zero attached hydrogens (tertiary/aromatic N) is 2. The van der Waals surface area contributed by atoms with Crippen molar-refractivity contribution in [2.45, 2.75) is 25.8 Å². The molecule has 0 bridgehead atoms. The molecule has 0 saturated carbocycles. The SMILES string of the molecule is CCCC(N)CNc1ncc2ccccc2n1. The molecule has 4 nitrogen and oxygen atoms in total. The Labute approximate surface area is 101 Å². The van der Waals surface area contributed by atoms with Crippen molar-refractivity contribution in [2.75, 3.05) is 11.9 Å². The topological polar surface area (TPSA) is 63.8 Å². The maximum atomic E-state index is 5.93. The second-order valence-electron chi connectivity index (χ2n) is 4.18. The Morgan fingerprint density at radius 1 is 1.35 bits per heavy atom. The number of para-hydroxylation sites is 1. The number of rotatable bonds is 5. The third kappa shape index (κ3) is 3.14. The van der Waals surface area contributed by atoms with Crippen LogP contribution < -0.4 is 11.1 Å². The fourth-order valence-electron chi connectivity index (χ4n) is 1.75. The highest BCUT2D eigenvalue weighted by molar-refractivity contribution is 5.78. The fourth-order valence-corrected chi connectivity index (χ4v) is 1.75. The molecule has 0 amide bonds. The lowest BCUT2D eigenvalue weighted by Gasteiger charge is -2.11. The van der Waals surface area contributed by atoms with Crippen LogP contribution in [0.25, 0.3) is 10.9 Å². The molecule has 2 rings (SSSR count). The zero-order valence-electron chi connectivity index (χ0n) is 10.1. The lowest BCUT2D eigenvalue weighted by atomic mass is 10.2. The van der Waals surface area contributed by atoms with Gasteiger partial charge in [0.05, 0.1) is 5.52 Å². The van der Waals surface area contributed by atoms with Crippen LogP contribution in [0.4, 0.5) is 5.95 Å². The second-order valence-corrected chi connectivity index (χ2v) is 4.18. The molecule has 1 unspecified atom stereocenters. The third-order valence-corrected chi connectivity index (χ3v) is 2.67. The molecule has 0 aliphatic rings. The molecule has 1 aromatic heterocycles. The number of fused-ring (bicyclic) bond motifs is 1. The Bertz CT molecular complexity index is 484. The molecular weight excluding hydrogens is 212 g/mol. The van der Waals surface area contributed by atoms with Gasteiger partial charge >= 0.3 is 0 Å². The van der Waals surface area contributed by atoms with Crippen LogP contribution in [-0.2, 0) is 0 Å². The van der Waals surface area contributed by atoms with Gasteiger partial charge in [0.2, 0.25) is 5.95 Å². The number of hydrogen-bond donors (Lipinski definition) is 2. The van der Waals surface area contributed by atoms with Gasteiger partial charge in [0.1, 0.15) is 0 Å². The quantitative estimate of drug-likeness (QED) is 0.826. The van der Waals surface area contributed by atoms with Gasteiger partial charge in [-0.05, 0) is 12.5 Å². The van der Waals surface area contributed by atoms with Crippen molar-refractivity contribution in [1.29, 1.82) is 0 Å². The minimum Gasteiger partial charge on any atom is -0.353 e. The molecule has 90 valence electrons. The van der Waals surface area contributed by atoms with Crippen LogP contribution >= 0.6 is 0 Å². The van der Waals surface area contributed by atoms with Crippen molar-refractivity contribution in [1.82, 2.24) is 9.97 Å². The van der Waals surface area contributed by atoms with Crippen molar-refractivity contribution in [2.24, 2.45) is 5.73 Å². The Hall–Kier alpha value is -1.68. The van der Waals surface area contributed by atoms with Gasteiger partial charge in [-0.1, -0.05) is 31.5 Å². The van der Waals surface area contributed by atoms with Crippen molar-refractivity contribution < 1.29 is 0 Å². The summed E-state index contributed by atoms with van der Waals surface area (Å²) >= 11 is 0. The fraction of sp³-hybridized carbons (Fsp3) is 0.385. The normalized spacial score (nSPS) is 12.6. The van der Waals surface area contributed by atoms with E-state index in [1.54, 1.807) is 0 Å². The monoisotopic (exact) mass is 230 g/mol. The van der Waals surface area contributed by atoms with Gasteiger partial charge in [0.25, 0.3) is 0 Å². The Morgan fingerprint density at radius 2 is 2.18 bits per heavy atom. The average molecular weight is 230 g/mol. The van der Waals surface area contributed by atoms with E-state index < -0.39 is 0 Å². The van der Waals surface area contributed by atoms with Gasteiger partial charge < -0.3 is 11.1 Å². The van der Waals surface area contributed by atoms with Gasteiger partial charge in [-0.25, -0.2) is 9.97 Å². The first-order valence-electron chi connectivity index (χ1n) is 6.01. The van der Waals surface area contributed by atoms with E-state index in [1.807, 2.05) is 30.5 Å². The highest BCUT2D eigenvalue weighted by Gasteiger charge is 2.03. The molecule has 1 heterocycles. The van der Waals surface area contributed by atoms with E-state index in [1.165, 1.54) is 0 Å². The maximum Gasteiger partial charge on any atom is 0.223 e. The number of benzene rings is 1. The maximum absolute atomic E-state index is 5.93. The Kier molecular flexibility index (Phi) is 3.88. The summed E-state index contributed by atoms with van der Waals surface area (Å²) in [5.41, 5.74) is 6.88. The van der Waals surface area contributed by atoms with E-state index in [0.717, 1.165) is 23.7 Å². The lowest BCUT2D eigenvalue weighted by Crippen LogP contribution is -2.29. The van der Waals surface area contributed by atoms with Gasteiger partial charge in [-0.15, -0.1) is 0 Å². The zero-order chi connectivity index (χ0) is 12.1. The highest BCUT2D eigenvalue weighted by atomic mass is 15.1. The molecule has 1 atom stereocenters. The van der Waals surface area contributed by atoms with Crippen LogP contribution in [0, 0.1) is 0 Å². The summed E-state index contributed by atoms with van der Waals surface area (Å²) in [6, 6.07) is 8.10. The molecule has 0 saturated heterocycles. The van der Waals surface area contributed by atoms with Gasteiger partial charge in [-0.2, -0.15) is 0 Å². The number of anilines is 1. The highest BCUT2D eigenvalue weighted by Crippen LogP contribution is 2.11. The number of hydrogen-bond acceptors (Lipinski definition) is 4. The van der Waals surface area contributed by atoms with E-state index in [2.05, 4.69) is 22.2 Å². The Balaban J connectivity index is 2.04. The largest absolute Gasteiger partial charge is 0.353 e. The van der Waals surface area contributed by atoms with Crippen molar-refractivity contribution in [3.05, 3.63) is 30.5 Å². The standard InChI is InChI=1S/C13H18N4/c1-2-5-11(14)9-16-13-15-8-10-6-3-4-7-12(10)17-13/h3-4,6-8,11H,2,5,9,14H2,1H3,(H,15,16,17). The van der Waals surface area contributed by atoms with Crippen molar-refractivity contribution >= 4 is 16.9 Å². The minimum absolute atomic E-state index is 0.162. The predicted molar refractivity (Wildman–Crippen MR) is 70.9 cm³/mol. The molecule has 0 spiro atoms. The van der Waals surface area contributed by atoms with E-state index in [9.17, 15) is 0 Å². The molecule has 17 heavy (non-hydrogen) atoms. The summed E-state index contributed by atoms with van der Waals surface area (Å²) in [4.78, 5) is 8.69. The number of aromatic nitrogens is 2. The summed E-state index contributed by atoms with van der Waals surface area (Å²) in [6.07, 6.45) is 3.94. The zero-order valence-corrected chi connectivity index (χ0v) is 10.1. The number of nitrogens with two attached hydrogens (primary N) is 1. The first-order chi connectivity index (χ1) is 8.29. The lowest BCUT2D eigenvalue weighted by molar-refractivity contribution is 0.625. The van der Waals surface area contributed by atoms with E-state index >= 15 is 0 Å². The Morgan fingerprint density at radius 3 is 3.00 bits per heavy atom. The van der Waals surface area contributed by atoms with Gasteiger partial charge in [-0.3, -0.25) is 0 Å². The van der Waals surface area contributed by atoms with Crippen molar-refractivity contribution in [3.8, 4) is 0 Å². The van der Waals surface area contributed by atoms with Gasteiger partial charge in [0.15, 0.2) is 0 Å². The molecule has 2 aromatic rings. The van der Waals surface area contributed by atoms with Crippen LogP contribution in [-0.4, -0.2) is 22.6 Å². The minimum atomic E-state index is 0.162. The van der Waals surface area contributed by atoms with E-state index in [4.69, 9.17) is 5.73 Å². The molecule has 1 aromatic carbocycles. The molecule has 4 heteroatoms. The smallest absolute Gasteiger partial charge is 0.223 e. The summed E-state index contributed by atoms with van der Waals surface area (Å²) in [6.45, 7) is 2.85. The molecule has 0 aliphatic heterocycles. The molecule has 0 aliphatic carbocycles. The summed E-state index contributed by atoms with van der Waals surface area (Å²) < 4.78 is 0. The second kappa shape index (κ2) is 5.59. The molecule has 0 fully saturated rings. The predicted octanol–water partition coefficient (Wildman–Crippen LogP) is 2.17. The first kappa shape index (κ1) is 11.8. The molecule has 0 radical (unpaired) electrons. The number of nitrogens with one attached hydrogen (secondary N) is 1. The summed E-state index contributed by atoms with van der Waals surface area (Å²) in [5.74, 6) is 0.648. The average Bonchev–Trinajstić information content (AvgIpc) is 2.36. The van der Waals surface area contributed by atoms with Gasteiger partial charge in [0, 0.05) is 24.2 Å². The van der Waals surface area contributed by atoms with E-state index in [-0.39, 0.29) is 6.04 Å². The van der Waals surface area contributed by atoms with E-state index in [0.29, 0.717) is 12.5 Å². The summed E-state index contributed by atoms with van der Waals surface area (Å²) in [5, 5.41) is 4.23. The molecular formula is C13H18N4. The van der Waals surface area contributed by atoms with Crippen LogP contribution in [0.15, 0.2) is 30.5 Å². The van der Waals surface area contributed by atoms with Crippen LogP contribution in [0.2, 0.25) is 0 Å². The van der Waals surface area contributed by atoms with Crippen LogP contribution in [0.1, 0.15) is 19.8 Å². The third-order valence-electron chi connectivity index (χ3n) is 2.67. The van der Waals surface area contributed by atoms with Crippen molar-refractivity contribution in [3.63, 3.8) is 0 Å².